The lowest BCUT2D eigenvalue weighted by atomic mass is 10.0. The Labute approximate surface area is 139 Å². The second-order valence-corrected chi connectivity index (χ2v) is 5.48. The van der Waals surface area contributed by atoms with Crippen LogP contribution in [0.3, 0.4) is 0 Å². The molecule has 7 nitrogen and oxygen atoms in total. The van der Waals surface area contributed by atoms with Gasteiger partial charge in [-0.05, 0) is 19.1 Å². The number of nitrogens with zero attached hydrogens (tertiary/aromatic N) is 2. The van der Waals surface area contributed by atoms with Gasteiger partial charge in [0.05, 0.1) is 19.0 Å². The fraction of sp³-hybridized carbons (Fsp3) is 0.312. The van der Waals surface area contributed by atoms with E-state index in [4.69, 9.17) is 5.73 Å². The molecule has 0 saturated heterocycles. The summed E-state index contributed by atoms with van der Waals surface area (Å²) < 4.78 is 15.6. The molecule has 128 valence electrons. The lowest BCUT2D eigenvalue weighted by Gasteiger charge is -2.20. The molecule has 0 aliphatic rings. The number of hydrogen-bond donors (Lipinski definition) is 3. The number of benzene rings is 1. The third kappa shape index (κ3) is 5.08. The van der Waals surface area contributed by atoms with Crippen molar-refractivity contribution in [3.63, 3.8) is 0 Å². The highest BCUT2D eigenvalue weighted by atomic mass is 19.1. The minimum absolute atomic E-state index is 0.118. The molecule has 1 aromatic carbocycles. The van der Waals surface area contributed by atoms with E-state index in [-0.39, 0.29) is 23.9 Å². The number of aromatic nitrogens is 2. The van der Waals surface area contributed by atoms with Gasteiger partial charge in [-0.15, -0.1) is 0 Å². The number of primary amides is 1. The number of amides is 3. The molecule has 0 aliphatic carbocycles. The summed E-state index contributed by atoms with van der Waals surface area (Å²) in [6.45, 7) is 2.34. The van der Waals surface area contributed by atoms with Gasteiger partial charge in [-0.3, -0.25) is 9.48 Å². The molecule has 2 atom stereocenters. The molecule has 3 amide bonds. The lowest BCUT2D eigenvalue weighted by Crippen LogP contribution is -2.40. The third-order valence-corrected chi connectivity index (χ3v) is 3.41. The number of nitrogens with two attached hydrogens (primary N) is 1. The molecule has 24 heavy (non-hydrogen) atoms. The number of urea groups is 1. The molecule has 0 spiro atoms. The van der Waals surface area contributed by atoms with Crippen molar-refractivity contribution >= 4 is 11.9 Å². The largest absolute Gasteiger partial charge is 0.352 e. The lowest BCUT2D eigenvalue weighted by molar-refractivity contribution is -0.122. The third-order valence-electron chi connectivity index (χ3n) is 3.41. The Morgan fingerprint density at radius 2 is 2.04 bits per heavy atom. The fourth-order valence-electron chi connectivity index (χ4n) is 2.42. The van der Waals surface area contributed by atoms with Crippen LogP contribution in [0.25, 0.3) is 0 Å². The van der Waals surface area contributed by atoms with E-state index in [1.807, 2.05) is 6.92 Å². The zero-order valence-electron chi connectivity index (χ0n) is 13.3. The van der Waals surface area contributed by atoms with Gasteiger partial charge in [-0.1, -0.05) is 18.2 Å². The van der Waals surface area contributed by atoms with Crippen LogP contribution in [0, 0.1) is 5.82 Å². The highest BCUT2D eigenvalue weighted by molar-refractivity contribution is 5.79. The van der Waals surface area contributed by atoms with Crippen molar-refractivity contribution in [2.24, 2.45) is 5.73 Å². The summed E-state index contributed by atoms with van der Waals surface area (Å²) in [5.74, 6) is -0.828. The van der Waals surface area contributed by atoms with Crippen LogP contribution in [-0.4, -0.2) is 27.8 Å². The molecule has 0 radical (unpaired) electrons. The topological polar surface area (TPSA) is 102 Å². The quantitative estimate of drug-likeness (QED) is 0.712. The first-order valence-electron chi connectivity index (χ1n) is 7.53. The molecule has 0 saturated carbocycles. The highest BCUT2D eigenvalue weighted by Crippen LogP contribution is 2.20. The van der Waals surface area contributed by atoms with Crippen molar-refractivity contribution < 1.29 is 14.0 Å². The zero-order chi connectivity index (χ0) is 17.5. The average molecular weight is 333 g/mol. The molecule has 1 heterocycles. The fourth-order valence-corrected chi connectivity index (χ4v) is 2.42. The summed E-state index contributed by atoms with van der Waals surface area (Å²) in [7, 11) is 0. The van der Waals surface area contributed by atoms with Crippen molar-refractivity contribution in [3.05, 3.63) is 54.1 Å². The van der Waals surface area contributed by atoms with Crippen molar-refractivity contribution in [2.45, 2.75) is 32.0 Å². The maximum Gasteiger partial charge on any atom is 0.312 e. The maximum absolute atomic E-state index is 13.9. The molecule has 0 aliphatic heterocycles. The Morgan fingerprint density at radius 1 is 1.29 bits per heavy atom. The second kappa shape index (κ2) is 8.09. The number of hydrogen-bond acceptors (Lipinski definition) is 3. The average Bonchev–Trinajstić information content (AvgIpc) is 2.99. The molecule has 4 N–H and O–H groups in total. The van der Waals surface area contributed by atoms with Crippen LogP contribution in [0.4, 0.5) is 9.18 Å². The van der Waals surface area contributed by atoms with Crippen LogP contribution in [0.5, 0.6) is 0 Å². The smallest absolute Gasteiger partial charge is 0.312 e. The summed E-state index contributed by atoms with van der Waals surface area (Å²) in [6, 6.07) is 5.91. The van der Waals surface area contributed by atoms with E-state index >= 15 is 0 Å². The number of rotatable bonds is 7. The number of halogens is 1. The summed E-state index contributed by atoms with van der Waals surface area (Å²) in [4.78, 5) is 23.4. The van der Waals surface area contributed by atoms with Gasteiger partial charge in [0.15, 0.2) is 0 Å². The van der Waals surface area contributed by atoms with Crippen LogP contribution in [0.1, 0.15) is 24.9 Å². The minimum atomic E-state index is -0.833. The molecule has 2 rings (SSSR count). The predicted molar refractivity (Wildman–Crippen MR) is 86.3 cm³/mol. The van der Waals surface area contributed by atoms with Gasteiger partial charge in [0.1, 0.15) is 5.82 Å². The molecular weight excluding hydrogens is 313 g/mol. The monoisotopic (exact) mass is 333 g/mol. The summed E-state index contributed by atoms with van der Waals surface area (Å²) >= 11 is 0. The highest BCUT2D eigenvalue weighted by Gasteiger charge is 2.21. The second-order valence-electron chi connectivity index (χ2n) is 5.48. The Hall–Kier alpha value is -2.90. The van der Waals surface area contributed by atoms with E-state index in [0.29, 0.717) is 6.54 Å². The van der Waals surface area contributed by atoms with Crippen molar-refractivity contribution in [1.29, 1.82) is 0 Å². The summed E-state index contributed by atoms with van der Waals surface area (Å²) in [5.41, 5.74) is 5.35. The van der Waals surface area contributed by atoms with Gasteiger partial charge >= 0.3 is 6.03 Å². The molecule has 8 heteroatoms. The maximum atomic E-state index is 13.9. The van der Waals surface area contributed by atoms with Crippen LogP contribution in [0.2, 0.25) is 0 Å². The molecule has 0 bridgehead atoms. The van der Waals surface area contributed by atoms with Gasteiger partial charge in [0.25, 0.3) is 0 Å². The normalized spacial score (nSPS) is 13.1. The first-order valence-corrected chi connectivity index (χ1v) is 7.53. The van der Waals surface area contributed by atoms with Crippen LogP contribution in [0.15, 0.2) is 42.7 Å². The van der Waals surface area contributed by atoms with Crippen molar-refractivity contribution in [3.8, 4) is 0 Å². The SMILES string of the molecule is C[C@H](Cn1cccn1)NC(=O)C[C@H](NC(N)=O)c1ccccc1F. The van der Waals surface area contributed by atoms with E-state index in [2.05, 4.69) is 15.7 Å². The summed E-state index contributed by atoms with van der Waals surface area (Å²) in [6.07, 6.45) is 3.33. The van der Waals surface area contributed by atoms with Crippen LogP contribution >= 0.6 is 0 Å². The first kappa shape index (κ1) is 17.5. The van der Waals surface area contributed by atoms with E-state index in [1.54, 1.807) is 29.2 Å². The van der Waals surface area contributed by atoms with E-state index in [1.165, 1.54) is 18.2 Å². The van der Waals surface area contributed by atoms with E-state index in [9.17, 15) is 14.0 Å². The van der Waals surface area contributed by atoms with Crippen LogP contribution in [-0.2, 0) is 11.3 Å². The first-order chi connectivity index (χ1) is 11.5. The molecule has 1 aromatic heterocycles. The summed E-state index contributed by atoms with van der Waals surface area (Å²) in [5, 5.41) is 9.27. The van der Waals surface area contributed by atoms with Gasteiger partial charge < -0.3 is 16.4 Å². The van der Waals surface area contributed by atoms with Gasteiger partial charge in [0.2, 0.25) is 5.91 Å². The molecule has 2 aromatic rings. The molecule has 0 unspecified atom stereocenters. The Bertz CT molecular complexity index is 690. The Balaban J connectivity index is 1.99. The molecular formula is C16H20FN5O2. The van der Waals surface area contributed by atoms with Gasteiger partial charge in [-0.2, -0.15) is 5.10 Å². The van der Waals surface area contributed by atoms with Gasteiger partial charge in [-0.25, -0.2) is 9.18 Å². The van der Waals surface area contributed by atoms with Gasteiger partial charge in [0, 0.05) is 24.0 Å². The van der Waals surface area contributed by atoms with Crippen LogP contribution < -0.4 is 16.4 Å². The number of carbonyl (C=O) groups is 2. The van der Waals surface area contributed by atoms with Crippen molar-refractivity contribution in [2.75, 3.05) is 0 Å². The van der Waals surface area contributed by atoms with Crippen molar-refractivity contribution in [1.82, 2.24) is 20.4 Å². The molecule has 0 fully saturated rings. The minimum Gasteiger partial charge on any atom is -0.352 e. The Kier molecular flexibility index (Phi) is 5.89. The van der Waals surface area contributed by atoms with E-state index < -0.39 is 17.9 Å². The predicted octanol–water partition coefficient (Wildman–Crippen LogP) is 1.33. The Morgan fingerprint density at radius 3 is 2.67 bits per heavy atom. The standard InChI is InChI=1S/C16H20FN5O2/c1-11(10-22-8-4-7-19-22)20-15(23)9-14(21-16(18)24)12-5-2-3-6-13(12)17/h2-8,11,14H,9-10H2,1H3,(H,20,23)(H3,18,21,24)/t11-,14+/m1/s1. The number of nitrogens with one attached hydrogen (secondary N) is 2. The zero-order valence-corrected chi connectivity index (χ0v) is 13.3. The van der Waals surface area contributed by atoms with E-state index in [0.717, 1.165) is 0 Å². The number of carbonyl (C=O) groups excluding carboxylic acids is 2.